The average Bonchev–Trinajstić information content (AvgIpc) is 3.02. The van der Waals surface area contributed by atoms with Crippen LogP contribution in [0, 0.1) is 5.92 Å². The molecule has 31 heavy (non-hydrogen) atoms. The fourth-order valence-corrected chi connectivity index (χ4v) is 4.79. The van der Waals surface area contributed by atoms with Crippen molar-refractivity contribution < 1.29 is 31.7 Å². The molecule has 2 heterocycles. The van der Waals surface area contributed by atoms with Gasteiger partial charge in [0.05, 0.1) is 12.8 Å². The molecule has 0 aromatic heterocycles. The molecule has 3 atom stereocenters. The van der Waals surface area contributed by atoms with Crippen LogP contribution < -0.4 is 4.90 Å². The first-order valence-electron chi connectivity index (χ1n) is 10.3. The fourth-order valence-electron chi connectivity index (χ4n) is 4.39. The van der Waals surface area contributed by atoms with Crippen molar-refractivity contribution in [2.75, 3.05) is 37.4 Å². The van der Waals surface area contributed by atoms with Gasteiger partial charge in [-0.2, -0.15) is 8.42 Å². The van der Waals surface area contributed by atoms with Gasteiger partial charge in [0.1, 0.15) is 18.3 Å². The van der Waals surface area contributed by atoms with Crippen LogP contribution in [-0.2, 0) is 29.2 Å². The van der Waals surface area contributed by atoms with Gasteiger partial charge in [0, 0.05) is 24.2 Å². The van der Waals surface area contributed by atoms with E-state index in [1.165, 1.54) is 4.90 Å². The first-order valence-corrected chi connectivity index (χ1v) is 12.1. The maximum absolute atomic E-state index is 12.4. The molecule has 170 valence electrons. The van der Waals surface area contributed by atoms with Crippen LogP contribution >= 0.6 is 0 Å². The summed E-state index contributed by atoms with van der Waals surface area (Å²) in [6.45, 7) is 6.91. The summed E-state index contributed by atoms with van der Waals surface area (Å²) < 4.78 is 37.7. The minimum Gasteiger partial charge on any atom is -0.444 e. The Kier molecular flexibility index (Phi) is 5.20. The van der Waals surface area contributed by atoms with Crippen LogP contribution in [0.15, 0.2) is 24.3 Å². The van der Waals surface area contributed by atoms with Gasteiger partial charge in [-0.25, -0.2) is 9.59 Å². The molecule has 0 spiro atoms. The first-order chi connectivity index (χ1) is 14.4. The van der Waals surface area contributed by atoms with Crippen LogP contribution in [0.1, 0.15) is 32.8 Å². The summed E-state index contributed by atoms with van der Waals surface area (Å²) in [5.41, 5.74) is 1.24. The van der Waals surface area contributed by atoms with Crippen molar-refractivity contribution in [3.63, 3.8) is 0 Å². The maximum atomic E-state index is 12.4. The van der Waals surface area contributed by atoms with E-state index >= 15 is 0 Å². The minimum absolute atomic E-state index is 0.0488. The van der Waals surface area contributed by atoms with E-state index in [1.54, 1.807) is 4.90 Å². The predicted octanol–water partition coefficient (Wildman–Crippen LogP) is 2.50. The average molecular weight is 453 g/mol. The number of fused-ring (bicyclic) bond motifs is 1. The number of nitrogens with zero attached hydrogens (tertiary/aromatic N) is 2. The van der Waals surface area contributed by atoms with Gasteiger partial charge in [-0.15, -0.1) is 0 Å². The number of piperidine rings is 1. The normalized spacial score (nSPS) is 27.8. The number of carbonyl (C=O) groups is 2. The zero-order valence-corrected chi connectivity index (χ0v) is 19.0. The highest BCUT2D eigenvalue weighted by Crippen LogP contribution is 2.59. The Morgan fingerprint density at radius 2 is 1.90 bits per heavy atom. The molecular formula is C21H28N2O7S. The molecule has 2 amide bonds. The van der Waals surface area contributed by atoms with Gasteiger partial charge in [0.15, 0.2) is 0 Å². The van der Waals surface area contributed by atoms with E-state index in [-0.39, 0.29) is 24.7 Å². The number of ether oxygens (including phenoxy) is 2. The van der Waals surface area contributed by atoms with Crippen LogP contribution in [0.4, 0.5) is 15.3 Å². The highest BCUT2D eigenvalue weighted by atomic mass is 32.2. The molecule has 1 saturated carbocycles. The maximum Gasteiger partial charge on any atom is 0.414 e. The zero-order valence-electron chi connectivity index (χ0n) is 18.2. The largest absolute Gasteiger partial charge is 0.444 e. The van der Waals surface area contributed by atoms with Gasteiger partial charge < -0.3 is 14.4 Å². The van der Waals surface area contributed by atoms with Crippen LogP contribution in [0.5, 0.6) is 0 Å². The van der Waals surface area contributed by atoms with Crippen LogP contribution in [0.2, 0.25) is 0 Å². The van der Waals surface area contributed by atoms with Gasteiger partial charge in [0.2, 0.25) is 0 Å². The summed E-state index contributed by atoms with van der Waals surface area (Å²) in [4.78, 5) is 27.8. The molecule has 1 aromatic rings. The Labute approximate surface area is 182 Å². The third-order valence-electron chi connectivity index (χ3n) is 5.89. The van der Waals surface area contributed by atoms with Gasteiger partial charge in [-0.1, -0.05) is 12.1 Å². The molecule has 3 aliphatic rings. The van der Waals surface area contributed by atoms with Crippen LogP contribution in [0.25, 0.3) is 0 Å². The van der Waals surface area contributed by atoms with Crippen molar-refractivity contribution in [1.82, 2.24) is 4.90 Å². The van der Waals surface area contributed by atoms with E-state index in [2.05, 4.69) is 0 Å². The van der Waals surface area contributed by atoms with E-state index in [0.29, 0.717) is 24.7 Å². The van der Waals surface area contributed by atoms with E-state index in [0.717, 1.165) is 18.2 Å². The number of benzene rings is 1. The lowest BCUT2D eigenvalue weighted by Gasteiger charge is -2.26. The highest BCUT2D eigenvalue weighted by Gasteiger charge is 2.62. The second-order valence-electron chi connectivity index (χ2n) is 9.57. The van der Waals surface area contributed by atoms with Crippen molar-refractivity contribution in [1.29, 1.82) is 0 Å². The molecule has 2 unspecified atom stereocenters. The highest BCUT2D eigenvalue weighted by molar-refractivity contribution is 7.85. The molecule has 2 saturated heterocycles. The zero-order chi connectivity index (χ0) is 22.6. The lowest BCUT2D eigenvalue weighted by Crippen LogP contribution is -2.37. The molecule has 9 nitrogen and oxygen atoms in total. The Bertz CT molecular complexity index is 986. The summed E-state index contributed by atoms with van der Waals surface area (Å²) in [6, 6.07) is 7.69. The Balaban J connectivity index is 1.39. The minimum atomic E-state index is -3.60. The van der Waals surface area contributed by atoms with Gasteiger partial charge >= 0.3 is 12.2 Å². The molecule has 2 aliphatic heterocycles. The van der Waals surface area contributed by atoms with Crippen molar-refractivity contribution in [3.05, 3.63) is 29.8 Å². The lowest BCUT2D eigenvalue weighted by atomic mass is 9.95. The second-order valence-corrected chi connectivity index (χ2v) is 11.2. The summed E-state index contributed by atoms with van der Waals surface area (Å²) >= 11 is 0. The van der Waals surface area contributed by atoms with E-state index < -0.39 is 27.9 Å². The van der Waals surface area contributed by atoms with Crippen molar-refractivity contribution in [3.8, 4) is 0 Å². The van der Waals surface area contributed by atoms with Crippen LogP contribution in [0.3, 0.4) is 0 Å². The van der Waals surface area contributed by atoms with E-state index in [9.17, 15) is 18.0 Å². The number of likely N-dealkylation sites (tertiary alicyclic amines) is 1. The quantitative estimate of drug-likeness (QED) is 0.633. The van der Waals surface area contributed by atoms with E-state index in [4.69, 9.17) is 13.7 Å². The Hall–Kier alpha value is -2.33. The molecule has 0 bridgehead atoms. The summed E-state index contributed by atoms with van der Waals surface area (Å²) in [5, 5.41) is 0. The van der Waals surface area contributed by atoms with Crippen molar-refractivity contribution in [2.45, 2.75) is 44.3 Å². The first kappa shape index (κ1) is 21.9. The topological polar surface area (TPSA) is 102 Å². The second kappa shape index (κ2) is 7.37. The molecule has 0 N–H and O–H groups in total. The van der Waals surface area contributed by atoms with Gasteiger partial charge in [-0.3, -0.25) is 9.08 Å². The van der Waals surface area contributed by atoms with Crippen molar-refractivity contribution in [2.24, 2.45) is 5.92 Å². The number of rotatable bonds is 5. The van der Waals surface area contributed by atoms with Crippen LogP contribution in [-0.4, -0.2) is 69.7 Å². The molecule has 10 heteroatoms. The van der Waals surface area contributed by atoms with Crippen molar-refractivity contribution >= 4 is 28.0 Å². The molecule has 3 fully saturated rings. The lowest BCUT2D eigenvalue weighted by molar-refractivity contribution is 0.0270. The number of hydrogen-bond acceptors (Lipinski definition) is 7. The molecule has 1 aromatic carbocycles. The summed E-state index contributed by atoms with van der Waals surface area (Å²) in [5.74, 6) is 0.417. The monoisotopic (exact) mass is 452 g/mol. The number of anilines is 1. The number of carbonyl (C=O) groups excluding carboxylic acids is 2. The Morgan fingerprint density at radius 1 is 1.23 bits per heavy atom. The number of hydrogen-bond donors (Lipinski definition) is 0. The third kappa shape index (κ3) is 4.64. The molecule has 0 radical (unpaired) electrons. The predicted molar refractivity (Wildman–Crippen MR) is 112 cm³/mol. The van der Waals surface area contributed by atoms with E-state index in [1.807, 2.05) is 45.0 Å². The SMILES string of the molecule is CC(C)(C)OC(=O)N1CC2CC2(c2ccc(N3C[C@H](COS(C)(=O)=O)OC3=O)cc2)C1. The standard InChI is InChI=1S/C21H28N2O7S/c1-20(2,3)30-18(24)22-10-15-9-21(15,13-22)14-5-7-16(8-6-14)23-11-17(29-19(23)25)12-28-31(4,26)27/h5-8,15,17H,9-13H2,1-4H3/t15?,17-,21?/m1/s1. The van der Waals surface area contributed by atoms with Gasteiger partial charge in [-0.05, 0) is 50.8 Å². The fraction of sp³-hybridized carbons (Fsp3) is 0.619. The number of amides is 2. The number of cyclic esters (lactones) is 1. The third-order valence-corrected chi connectivity index (χ3v) is 6.46. The van der Waals surface area contributed by atoms with Gasteiger partial charge in [0.25, 0.3) is 10.1 Å². The summed E-state index contributed by atoms with van der Waals surface area (Å²) in [7, 11) is -3.60. The molecular weight excluding hydrogens is 424 g/mol. The smallest absolute Gasteiger partial charge is 0.414 e. The Morgan fingerprint density at radius 3 is 2.52 bits per heavy atom. The molecule has 4 rings (SSSR count). The summed E-state index contributed by atoms with van der Waals surface area (Å²) in [6.07, 6.45) is 0.526. The molecule has 1 aliphatic carbocycles.